The third kappa shape index (κ3) is 5.51. The maximum absolute atomic E-state index is 12.4. The summed E-state index contributed by atoms with van der Waals surface area (Å²) in [5.74, 6) is -0.230. The van der Waals surface area contributed by atoms with E-state index in [1.54, 1.807) is 35.2 Å². The van der Waals surface area contributed by atoms with Crippen molar-refractivity contribution in [2.45, 2.75) is 12.4 Å². The van der Waals surface area contributed by atoms with Crippen molar-refractivity contribution in [3.63, 3.8) is 0 Å². The van der Waals surface area contributed by atoms with Gasteiger partial charge in [0.2, 0.25) is 0 Å². The summed E-state index contributed by atoms with van der Waals surface area (Å²) in [5, 5.41) is 3.70. The molecule has 11 heteroatoms. The number of urea groups is 1. The molecule has 2 amide bonds. The second-order valence-corrected chi connectivity index (χ2v) is 8.52. The molecule has 2 aromatic rings. The maximum Gasteiger partial charge on any atom is 0.573 e. The molecule has 0 bridgehead atoms. The number of alkyl halides is 3. The molecule has 2 aliphatic heterocycles. The highest BCUT2D eigenvalue weighted by Gasteiger charge is 2.36. The Morgan fingerprint density at radius 2 is 1.66 bits per heavy atom. The second-order valence-electron chi connectivity index (χ2n) is 7.68. The van der Waals surface area contributed by atoms with E-state index in [-0.39, 0.29) is 17.8 Å². The van der Waals surface area contributed by atoms with Gasteiger partial charge in [-0.05, 0) is 42.5 Å². The number of carbonyl (C=O) groups excluding carboxylic acids is 1. The van der Waals surface area contributed by atoms with Gasteiger partial charge in [-0.2, -0.15) is 0 Å². The fourth-order valence-corrected chi connectivity index (χ4v) is 4.18. The van der Waals surface area contributed by atoms with Gasteiger partial charge in [0.15, 0.2) is 0 Å². The van der Waals surface area contributed by atoms with E-state index in [0.717, 1.165) is 31.9 Å². The lowest BCUT2D eigenvalue weighted by Gasteiger charge is -2.48. The molecule has 6 nitrogen and oxygen atoms in total. The summed E-state index contributed by atoms with van der Waals surface area (Å²) < 4.78 is 40.8. The zero-order valence-electron chi connectivity index (χ0n) is 16.9. The molecule has 0 spiro atoms. The van der Waals surface area contributed by atoms with E-state index in [9.17, 15) is 18.0 Å². The first-order valence-corrected chi connectivity index (χ1v) is 10.8. The molecule has 0 saturated carbocycles. The van der Waals surface area contributed by atoms with Gasteiger partial charge in [-0.15, -0.1) is 13.2 Å². The van der Waals surface area contributed by atoms with Crippen molar-refractivity contribution in [3.05, 3.63) is 52.5 Å². The van der Waals surface area contributed by atoms with Crippen LogP contribution in [0, 0.1) is 0 Å². The lowest BCUT2D eigenvalue weighted by atomic mass is 10.1. The number of hydrogen-bond donors (Lipinski definition) is 1. The second kappa shape index (κ2) is 9.25. The Morgan fingerprint density at radius 3 is 2.28 bits per heavy atom. The third-order valence-corrected chi connectivity index (χ3v) is 6.15. The Morgan fingerprint density at radius 1 is 1.00 bits per heavy atom. The van der Waals surface area contributed by atoms with Gasteiger partial charge in [0, 0.05) is 56.0 Å². The Balaban J connectivity index is 1.23. The highest BCUT2D eigenvalue weighted by molar-refractivity contribution is 6.35. The van der Waals surface area contributed by atoms with Gasteiger partial charge < -0.3 is 19.9 Å². The van der Waals surface area contributed by atoms with Crippen molar-refractivity contribution in [3.8, 4) is 5.75 Å². The van der Waals surface area contributed by atoms with Crippen LogP contribution in [-0.2, 0) is 0 Å². The molecule has 2 heterocycles. The van der Waals surface area contributed by atoms with Crippen LogP contribution in [0.1, 0.15) is 0 Å². The van der Waals surface area contributed by atoms with Gasteiger partial charge in [0.05, 0.1) is 10.7 Å². The van der Waals surface area contributed by atoms with Gasteiger partial charge in [0.1, 0.15) is 5.75 Å². The lowest BCUT2D eigenvalue weighted by Crippen LogP contribution is -2.64. The lowest BCUT2D eigenvalue weighted by molar-refractivity contribution is -0.274. The molecule has 0 aliphatic carbocycles. The molecule has 4 rings (SSSR count). The summed E-state index contributed by atoms with van der Waals surface area (Å²) in [6.07, 6.45) is -4.69. The minimum Gasteiger partial charge on any atom is -0.406 e. The van der Waals surface area contributed by atoms with E-state index in [2.05, 4.69) is 19.9 Å². The zero-order valence-corrected chi connectivity index (χ0v) is 18.4. The molecule has 2 aromatic carbocycles. The van der Waals surface area contributed by atoms with Crippen LogP contribution in [-0.4, -0.2) is 67.5 Å². The monoisotopic (exact) mass is 488 g/mol. The highest BCUT2D eigenvalue weighted by Crippen LogP contribution is 2.28. The number of nitrogens with one attached hydrogen (secondary N) is 1. The van der Waals surface area contributed by atoms with Gasteiger partial charge in [-0.25, -0.2) is 4.79 Å². The van der Waals surface area contributed by atoms with Gasteiger partial charge in [-0.1, -0.05) is 23.2 Å². The molecule has 2 aliphatic rings. The van der Waals surface area contributed by atoms with Crippen molar-refractivity contribution >= 4 is 40.6 Å². The Labute approximate surface area is 193 Å². The first kappa shape index (κ1) is 22.8. The van der Waals surface area contributed by atoms with Crippen molar-refractivity contribution in [1.29, 1.82) is 0 Å². The molecule has 2 fully saturated rings. The smallest absolute Gasteiger partial charge is 0.406 e. The Kier molecular flexibility index (Phi) is 6.60. The number of piperazine rings is 1. The van der Waals surface area contributed by atoms with Gasteiger partial charge in [0.25, 0.3) is 0 Å². The molecule has 0 radical (unpaired) electrons. The van der Waals surface area contributed by atoms with Crippen molar-refractivity contribution in [2.75, 3.05) is 49.5 Å². The van der Waals surface area contributed by atoms with E-state index in [1.165, 1.54) is 12.1 Å². The number of rotatable bonds is 4. The number of amides is 2. The fourth-order valence-electron chi connectivity index (χ4n) is 3.84. The molecular formula is C21H21Cl2F3N4O2. The largest absolute Gasteiger partial charge is 0.573 e. The summed E-state index contributed by atoms with van der Waals surface area (Å²) in [5.41, 5.74) is 1.33. The minimum absolute atomic E-state index is 0.217. The van der Waals surface area contributed by atoms with Crippen LogP contribution in [0.25, 0.3) is 0 Å². The topological polar surface area (TPSA) is 48.1 Å². The Bertz CT molecular complexity index is 961. The predicted octanol–water partition coefficient (Wildman–Crippen LogP) is 4.93. The van der Waals surface area contributed by atoms with Crippen LogP contribution < -0.4 is 15.0 Å². The number of halogens is 5. The molecule has 0 aromatic heterocycles. The standard InChI is InChI=1S/C21H21Cl2F3N4O2/c22-14-1-6-18(23)19(11-14)27-20(31)30-12-16(13-30)29-9-7-28(8-10-29)15-2-4-17(5-3-15)32-21(24,25)26/h1-6,11,16H,7-10,12-13H2,(H,27,31). The van der Waals surface area contributed by atoms with Crippen LogP contribution in [0.15, 0.2) is 42.5 Å². The molecular weight excluding hydrogens is 468 g/mol. The normalized spacial score (nSPS) is 17.8. The van der Waals surface area contributed by atoms with Crippen molar-refractivity contribution < 1.29 is 22.7 Å². The average Bonchev–Trinajstić information content (AvgIpc) is 2.70. The van der Waals surface area contributed by atoms with Gasteiger partial charge in [-0.3, -0.25) is 4.90 Å². The summed E-state index contributed by atoms with van der Waals surface area (Å²) in [6, 6.07) is 10.9. The SMILES string of the molecule is O=C(Nc1cc(Cl)ccc1Cl)N1CC(N2CCN(c3ccc(OC(F)(F)F)cc3)CC2)C1. The first-order valence-electron chi connectivity index (χ1n) is 10.0. The van der Waals surface area contributed by atoms with E-state index in [1.807, 2.05) is 0 Å². The van der Waals surface area contributed by atoms with Crippen LogP contribution in [0.2, 0.25) is 10.0 Å². The van der Waals surface area contributed by atoms with Crippen molar-refractivity contribution in [2.24, 2.45) is 0 Å². The quantitative estimate of drug-likeness (QED) is 0.662. The van der Waals surface area contributed by atoms with Crippen LogP contribution in [0.3, 0.4) is 0 Å². The molecule has 0 unspecified atom stereocenters. The summed E-state index contributed by atoms with van der Waals surface area (Å²) in [7, 11) is 0. The number of likely N-dealkylation sites (tertiary alicyclic amines) is 1. The number of anilines is 2. The summed E-state index contributed by atoms with van der Waals surface area (Å²) in [4.78, 5) is 18.6. The van der Waals surface area contributed by atoms with E-state index in [0.29, 0.717) is 28.8 Å². The van der Waals surface area contributed by atoms with Crippen LogP contribution in [0.5, 0.6) is 5.75 Å². The molecule has 1 N–H and O–H groups in total. The number of nitrogens with zero attached hydrogens (tertiary/aromatic N) is 3. The predicted molar refractivity (Wildman–Crippen MR) is 118 cm³/mol. The molecule has 32 heavy (non-hydrogen) atoms. The highest BCUT2D eigenvalue weighted by atomic mass is 35.5. The van der Waals surface area contributed by atoms with Crippen molar-refractivity contribution in [1.82, 2.24) is 9.80 Å². The molecule has 0 atom stereocenters. The molecule has 2 saturated heterocycles. The maximum atomic E-state index is 12.4. The third-order valence-electron chi connectivity index (χ3n) is 5.59. The minimum atomic E-state index is -4.69. The fraction of sp³-hybridized carbons (Fsp3) is 0.381. The number of carbonyl (C=O) groups is 1. The number of benzene rings is 2. The Hall–Kier alpha value is -2.36. The van der Waals surface area contributed by atoms with E-state index in [4.69, 9.17) is 23.2 Å². The summed E-state index contributed by atoms with van der Waals surface area (Å²) >= 11 is 12.1. The van der Waals surface area contributed by atoms with Crippen LogP contribution in [0.4, 0.5) is 29.3 Å². The van der Waals surface area contributed by atoms with E-state index < -0.39 is 6.36 Å². The van der Waals surface area contributed by atoms with Crippen LogP contribution >= 0.6 is 23.2 Å². The number of hydrogen-bond acceptors (Lipinski definition) is 4. The van der Waals surface area contributed by atoms with E-state index >= 15 is 0 Å². The average molecular weight is 489 g/mol. The van der Waals surface area contributed by atoms with Gasteiger partial charge >= 0.3 is 12.4 Å². The zero-order chi connectivity index (χ0) is 22.9. The number of ether oxygens (including phenoxy) is 1. The first-order chi connectivity index (χ1) is 15.2. The molecule has 172 valence electrons. The summed E-state index contributed by atoms with van der Waals surface area (Å²) in [6.45, 7) is 4.35.